The van der Waals surface area contributed by atoms with Gasteiger partial charge in [-0.3, -0.25) is 9.59 Å². The van der Waals surface area contributed by atoms with E-state index < -0.39 is 11.8 Å². The van der Waals surface area contributed by atoms with Crippen LogP contribution in [-0.2, 0) is 32.2 Å². The molecule has 3 aromatic carbocycles. The molecule has 6 rings (SSSR count). The number of amides is 2. The molecular weight excluding hydrogens is 725 g/mol. The van der Waals surface area contributed by atoms with Gasteiger partial charge >= 0.3 is 0 Å². The molecule has 3 fully saturated rings. The van der Waals surface area contributed by atoms with Crippen LogP contribution in [0, 0.1) is 5.92 Å². The van der Waals surface area contributed by atoms with Gasteiger partial charge in [-0.05, 0) is 48.1 Å². The predicted octanol–water partition coefficient (Wildman–Crippen LogP) is 9.50. The summed E-state index contributed by atoms with van der Waals surface area (Å²) < 4.78 is 13.5. The molecule has 3 aliphatic rings. The molecule has 0 bridgehead atoms. The monoisotopic (exact) mass is 795 g/mol. The Morgan fingerprint density at radius 3 is 1.98 bits per heavy atom. The zero-order valence-corrected chi connectivity index (χ0v) is 35.3. The molecule has 2 amide bonds. The molecule has 3 N–H and O–H groups in total. The number of anilines is 1. The highest BCUT2D eigenvalue weighted by atomic mass is 16.7. The number of nitrogens with one attached hydrogen (secondary N) is 2. The lowest BCUT2D eigenvalue weighted by Gasteiger charge is -2.46. The highest BCUT2D eigenvalue weighted by Crippen LogP contribution is 2.43. The van der Waals surface area contributed by atoms with E-state index in [2.05, 4.69) is 82.8 Å². The topological polar surface area (TPSA) is 103 Å². The number of likely N-dealkylation sites (tertiary alicyclic amines) is 1. The Morgan fingerprint density at radius 2 is 1.36 bits per heavy atom. The number of aliphatic hydroxyl groups excluding tert-OH is 1. The fraction of sp³-hybridized carbons (Fsp3) is 0.592. The minimum atomic E-state index is -0.562. The van der Waals surface area contributed by atoms with Crippen LogP contribution in [0.25, 0.3) is 0 Å². The van der Waals surface area contributed by atoms with Gasteiger partial charge in [0.2, 0.25) is 11.8 Å². The Kier molecular flexibility index (Phi) is 17.0. The molecule has 3 heterocycles. The Labute approximate surface area is 348 Å². The second-order valence-corrected chi connectivity index (χ2v) is 17.1. The number of ether oxygens (including phenoxy) is 2. The van der Waals surface area contributed by atoms with Crippen molar-refractivity contribution in [3.63, 3.8) is 0 Å². The first-order valence-electron chi connectivity index (χ1n) is 22.6. The molecule has 316 valence electrons. The van der Waals surface area contributed by atoms with E-state index in [1.54, 1.807) is 0 Å². The normalized spacial score (nSPS) is 22.0. The first kappa shape index (κ1) is 43.8. The average molecular weight is 795 g/mol. The summed E-state index contributed by atoms with van der Waals surface area (Å²) in [6.07, 6.45) is 18.1. The van der Waals surface area contributed by atoms with Gasteiger partial charge in [-0.25, -0.2) is 0 Å². The second-order valence-electron chi connectivity index (χ2n) is 17.1. The van der Waals surface area contributed by atoms with Gasteiger partial charge in [-0.15, -0.1) is 0 Å². The van der Waals surface area contributed by atoms with Crippen molar-refractivity contribution in [1.82, 2.24) is 15.5 Å². The molecule has 4 unspecified atom stereocenters. The molecule has 3 aromatic rings. The molecule has 3 saturated heterocycles. The summed E-state index contributed by atoms with van der Waals surface area (Å²) in [7, 11) is 0. The molecule has 9 nitrogen and oxygen atoms in total. The van der Waals surface area contributed by atoms with Crippen molar-refractivity contribution in [3.8, 4) is 0 Å². The van der Waals surface area contributed by atoms with Crippen LogP contribution in [-0.4, -0.2) is 59.8 Å². The van der Waals surface area contributed by atoms with Crippen molar-refractivity contribution >= 4 is 17.5 Å². The fourth-order valence-corrected chi connectivity index (χ4v) is 9.11. The van der Waals surface area contributed by atoms with Gasteiger partial charge in [0, 0.05) is 49.8 Å². The molecule has 0 saturated carbocycles. The van der Waals surface area contributed by atoms with E-state index >= 15 is 0 Å². The number of benzene rings is 3. The Bertz CT molecular complexity index is 1660. The summed E-state index contributed by atoms with van der Waals surface area (Å²) in [6, 6.07) is 26.5. The van der Waals surface area contributed by atoms with Crippen LogP contribution in [0.4, 0.5) is 5.69 Å². The molecule has 0 radical (unpaired) electrons. The summed E-state index contributed by atoms with van der Waals surface area (Å²) in [5.74, 6) is 0.297. The van der Waals surface area contributed by atoms with Crippen molar-refractivity contribution < 1.29 is 24.2 Å². The maximum atomic E-state index is 13.3. The number of rotatable bonds is 22. The third-order valence-corrected chi connectivity index (χ3v) is 12.9. The van der Waals surface area contributed by atoms with Crippen LogP contribution in [0.5, 0.6) is 0 Å². The number of para-hydroxylation sites is 1. The number of nitrogens with zero attached hydrogens (tertiary/aromatic N) is 2. The van der Waals surface area contributed by atoms with Gasteiger partial charge in [0.15, 0.2) is 6.29 Å². The summed E-state index contributed by atoms with van der Waals surface area (Å²) in [6.45, 7) is 7.83. The highest BCUT2D eigenvalue weighted by molar-refractivity contribution is 5.93. The molecule has 9 heteroatoms. The van der Waals surface area contributed by atoms with Gasteiger partial charge in [-0.2, -0.15) is 0 Å². The third kappa shape index (κ3) is 11.9. The molecular formula is C49H70N4O5. The third-order valence-electron chi connectivity index (χ3n) is 12.9. The van der Waals surface area contributed by atoms with Crippen molar-refractivity contribution in [2.45, 2.75) is 154 Å². The SMILES string of the molecule is CCCCCCCCCCCCCCCC(=O)NCc1ccc(C2OC(CN3CCC4(CC3)C(=O)NCN4c3ccccc3)C(C)C(c3ccc(CO)cc3)O2)cc1. The van der Waals surface area contributed by atoms with E-state index in [9.17, 15) is 14.7 Å². The number of piperidine rings is 1. The van der Waals surface area contributed by atoms with Gasteiger partial charge in [0.05, 0.1) is 25.5 Å². The summed E-state index contributed by atoms with van der Waals surface area (Å²) in [5.41, 5.74) is 4.45. The second kappa shape index (κ2) is 22.6. The van der Waals surface area contributed by atoms with E-state index in [4.69, 9.17) is 9.47 Å². The number of hydrogen-bond acceptors (Lipinski definition) is 7. The zero-order chi connectivity index (χ0) is 40.6. The standard InChI is InChI=1S/C49H70N4O5/c1-3-4-5-6-7-8-9-10-11-12-13-14-18-21-45(55)50-34-39-22-28-42(29-23-39)47-57-44(38(2)46(58-47)41-26-24-40(36-54)25-27-41)35-52-32-30-49(31-33-52)48(56)51-37-53(49)43-19-16-15-17-20-43/h15-17,19-20,22-29,38,44,46-47,54H,3-14,18,21,30-37H2,1-2H3,(H,50,55)(H,51,56). The smallest absolute Gasteiger partial charge is 0.247 e. The Hall–Kier alpha value is -3.76. The van der Waals surface area contributed by atoms with Gasteiger partial charge in [0.25, 0.3) is 0 Å². The number of aliphatic hydroxyl groups is 1. The van der Waals surface area contributed by atoms with Crippen LogP contribution in [0.2, 0.25) is 0 Å². The van der Waals surface area contributed by atoms with Crippen molar-refractivity contribution in [2.75, 3.05) is 31.2 Å². The van der Waals surface area contributed by atoms with Crippen LogP contribution < -0.4 is 15.5 Å². The molecule has 1 spiro atoms. The summed E-state index contributed by atoms with van der Waals surface area (Å²) in [5, 5.41) is 15.9. The van der Waals surface area contributed by atoms with Crippen molar-refractivity contribution in [3.05, 3.63) is 101 Å². The number of carbonyl (C=O) groups is 2. The minimum absolute atomic E-state index is 0.00185. The highest BCUT2D eigenvalue weighted by Gasteiger charge is 2.51. The van der Waals surface area contributed by atoms with Crippen LogP contribution in [0.3, 0.4) is 0 Å². The van der Waals surface area contributed by atoms with E-state index in [0.717, 1.165) is 73.3 Å². The van der Waals surface area contributed by atoms with E-state index in [0.29, 0.717) is 19.6 Å². The van der Waals surface area contributed by atoms with E-state index in [1.165, 1.54) is 70.6 Å². The van der Waals surface area contributed by atoms with Gasteiger partial charge < -0.3 is 35.0 Å². The average Bonchev–Trinajstić information content (AvgIpc) is 3.57. The molecule has 3 aliphatic heterocycles. The molecule has 58 heavy (non-hydrogen) atoms. The van der Waals surface area contributed by atoms with E-state index in [-0.39, 0.29) is 36.5 Å². The Morgan fingerprint density at radius 1 is 0.776 bits per heavy atom. The Balaban J connectivity index is 0.980. The van der Waals surface area contributed by atoms with Crippen LogP contribution in [0.1, 0.15) is 151 Å². The first-order chi connectivity index (χ1) is 28.4. The van der Waals surface area contributed by atoms with Crippen molar-refractivity contribution in [2.24, 2.45) is 5.92 Å². The number of unbranched alkanes of at least 4 members (excludes halogenated alkanes) is 12. The maximum absolute atomic E-state index is 13.3. The lowest BCUT2D eigenvalue weighted by Crippen LogP contribution is -2.57. The number of hydrogen-bond donors (Lipinski definition) is 3. The maximum Gasteiger partial charge on any atom is 0.247 e. The molecule has 0 aromatic heterocycles. The lowest BCUT2D eigenvalue weighted by molar-refractivity contribution is -0.276. The van der Waals surface area contributed by atoms with E-state index in [1.807, 2.05) is 30.3 Å². The predicted molar refractivity (Wildman–Crippen MR) is 232 cm³/mol. The molecule has 4 atom stereocenters. The quantitative estimate of drug-likeness (QED) is 0.0872. The van der Waals surface area contributed by atoms with Crippen LogP contribution in [0.15, 0.2) is 78.9 Å². The minimum Gasteiger partial charge on any atom is -0.392 e. The van der Waals surface area contributed by atoms with Crippen molar-refractivity contribution in [1.29, 1.82) is 0 Å². The zero-order valence-electron chi connectivity index (χ0n) is 35.3. The summed E-state index contributed by atoms with van der Waals surface area (Å²) >= 11 is 0. The van der Waals surface area contributed by atoms with Crippen LogP contribution >= 0.6 is 0 Å². The largest absolute Gasteiger partial charge is 0.392 e. The van der Waals surface area contributed by atoms with Gasteiger partial charge in [0.1, 0.15) is 5.54 Å². The first-order valence-corrected chi connectivity index (χ1v) is 22.6. The molecule has 0 aliphatic carbocycles. The van der Waals surface area contributed by atoms with Gasteiger partial charge in [-0.1, -0.05) is 158 Å². The summed E-state index contributed by atoms with van der Waals surface area (Å²) in [4.78, 5) is 30.7. The number of carbonyl (C=O) groups excluding carboxylic acids is 2. The fourth-order valence-electron chi connectivity index (χ4n) is 9.11. The lowest BCUT2D eigenvalue weighted by atomic mass is 9.84.